The number of rotatable bonds is 1. The first-order chi connectivity index (χ1) is 5.24. The second-order valence-corrected chi connectivity index (χ2v) is 1.97. The first-order valence-corrected chi connectivity index (χ1v) is 3.00. The molecule has 0 saturated carbocycles. The predicted octanol–water partition coefficient (Wildman–Crippen LogP) is 0.456. The summed E-state index contributed by atoms with van der Waals surface area (Å²) in [5.41, 5.74) is 0.584. The molecule has 0 aliphatic rings. The molecule has 5 nitrogen and oxygen atoms in total. The lowest BCUT2D eigenvalue weighted by molar-refractivity contribution is 0.565. The van der Waals surface area contributed by atoms with E-state index in [9.17, 15) is 4.79 Å². The Bertz CT molecular complexity index is 316. The van der Waals surface area contributed by atoms with Crippen LogP contribution in [0.15, 0.2) is 4.99 Å². The first kappa shape index (κ1) is 7.50. The molecular weight excluding hydrogens is 144 g/mol. The van der Waals surface area contributed by atoms with Gasteiger partial charge in [-0.3, -0.25) is 0 Å². The second-order valence-electron chi connectivity index (χ2n) is 1.97. The van der Waals surface area contributed by atoms with E-state index in [1.54, 1.807) is 13.8 Å². The van der Waals surface area contributed by atoms with Crippen LogP contribution in [0.2, 0.25) is 0 Å². The van der Waals surface area contributed by atoms with Crippen molar-refractivity contribution >= 4 is 11.9 Å². The van der Waals surface area contributed by atoms with Crippen molar-refractivity contribution in [3.63, 3.8) is 0 Å². The molecule has 56 valence electrons. The number of aryl methyl sites for hydroxylation is 2. The van der Waals surface area contributed by atoms with Crippen molar-refractivity contribution in [3.8, 4) is 0 Å². The third kappa shape index (κ3) is 1.65. The lowest BCUT2D eigenvalue weighted by Gasteiger charge is -1.94. The zero-order valence-corrected chi connectivity index (χ0v) is 6.20. The van der Waals surface area contributed by atoms with Crippen LogP contribution in [0.5, 0.6) is 0 Å². The highest BCUT2D eigenvalue weighted by atomic mass is 16.1. The molecule has 0 aliphatic carbocycles. The van der Waals surface area contributed by atoms with Gasteiger partial charge in [-0.15, -0.1) is 15.2 Å². The minimum absolute atomic E-state index is 0.227. The zero-order valence-electron chi connectivity index (χ0n) is 6.20. The molecule has 11 heavy (non-hydrogen) atoms. The Morgan fingerprint density at radius 3 is 2.64 bits per heavy atom. The standard InChI is InChI=1S/C6H6N4O/c1-4-6(7-3-11)10-9-5(2)8-4/h1-2H3. The van der Waals surface area contributed by atoms with Crippen LogP contribution in [0.25, 0.3) is 0 Å². The fourth-order valence-corrected chi connectivity index (χ4v) is 0.654. The molecule has 0 unspecified atom stereocenters. The first-order valence-electron chi connectivity index (χ1n) is 3.00. The van der Waals surface area contributed by atoms with Gasteiger partial charge in [-0.25, -0.2) is 9.78 Å². The third-order valence-electron chi connectivity index (χ3n) is 1.09. The van der Waals surface area contributed by atoms with Gasteiger partial charge in [-0.2, -0.15) is 0 Å². The number of hydrogen-bond acceptors (Lipinski definition) is 5. The van der Waals surface area contributed by atoms with Gasteiger partial charge >= 0.3 is 0 Å². The van der Waals surface area contributed by atoms with Crippen molar-refractivity contribution in [2.75, 3.05) is 0 Å². The van der Waals surface area contributed by atoms with Crippen molar-refractivity contribution in [1.82, 2.24) is 15.2 Å². The average molecular weight is 150 g/mol. The van der Waals surface area contributed by atoms with Crippen molar-refractivity contribution in [3.05, 3.63) is 11.5 Å². The molecule has 0 aliphatic heterocycles. The third-order valence-corrected chi connectivity index (χ3v) is 1.09. The second kappa shape index (κ2) is 2.98. The molecule has 0 amide bonds. The molecule has 1 aromatic heterocycles. The topological polar surface area (TPSA) is 68.1 Å². The van der Waals surface area contributed by atoms with Crippen LogP contribution in [0.1, 0.15) is 11.5 Å². The van der Waals surface area contributed by atoms with E-state index in [1.807, 2.05) is 0 Å². The van der Waals surface area contributed by atoms with E-state index in [-0.39, 0.29) is 5.82 Å². The number of aliphatic imine (C=N–C) groups is 1. The summed E-state index contributed by atoms with van der Waals surface area (Å²) in [5.74, 6) is 0.790. The number of isocyanates is 1. The summed E-state index contributed by atoms with van der Waals surface area (Å²) in [6, 6.07) is 0. The summed E-state index contributed by atoms with van der Waals surface area (Å²) >= 11 is 0. The number of nitrogens with zero attached hydrogens (tertiary/aromatic N) is 4. The number of carbonyl (C=O) groups excluding carboxylic acids is 1. The van der Waals surface area contributed by atoms with Gasteiger partial charge in [0, 0.05) is 0 Å². The number of hydrogen-bond donors (Lipinski definition) is 0. The monoisotopic (exact) mass is 150 g/mol. The molecule has 0 bridgehead atoms. The highest BCUT2D eigenvalue weighted by Gasteiger charge is 1.99. The van der Waals surface area contributed by atoms with Crippen molar-refractivity contribution < 1.29 is 4.79 Å². The molecule has 1 rings (SSSR count). The maximum Gasteiger partial charge on any atom is 0.242 e. The van der Waals surface area contributed by atoms with Crippen LogP contribution in [0.4, 0.5) is 5.82 Å². The SMILES string of the molecule is Cc1nnc(N=C=O)c(C)n1. The normalized spacial score (nSPS) is 8.91. The molecule has 0 saturated heterocycles. The lowest BCUT2D eigenvalue weighted by atomic mass is 10.5. The van der Waals surface area contributed by atoms with Crippen LogP contribution in [0.3, 0.4) is 0 Å². The quantitative estimate of drug-likeness (QED) is 0.430. The predicted molar refractivity (Wildman–Crippen MR) is 37.1 cm³/mol. The summed E-state index contributed by atoms with van der Waals surface area (Å²) in [4.78, 5) is 17.1. The molecule has 0 fully saturated rings. The van der Waals surface area contributed by atoms with E-state index < -0.39 is 0 Å². The lowest BCUT2D eigenvalue weighted by Crippen LogP contribution is -1.94. The summed E-state index contributed by atoms with van der Waals surface area (Å²) < 4.78 is 0. The Morgan fingerprint density at radius 2 is 2.09 bits per heavy atom. The maximum absolute atomic E-state index is 9.82. The molecule has 0 N–H and O–H groups in total. The van der Waals surface area contributed by atoms with Crippen LogP contribution in [0, 0.1) is 13.8 Å². The smallest absolute Gasteiger partial charge is 0.233 e. The summed E-state index contributed by atoms with van der Waals surface area (Å²) in [6.07, 6.45) is 1.38. The van der Waals surface area contributed by atoms with Gasteiger partial charge in [-0.05, 0) is 13.8 Å². The van der Waals surface area contributed by atoms with Gasteiger partial charge in [0.2, 0.25) is 11.9 Å². The van der Waals surface area contributed by atoms with Crippen molar-refractivity contribution in [2.45, 2.75) is 13.8 Å². The van der Waals surface area contributed by atoms with Crippen molar-refractivity contribution in [1.29, 1.82) is 0 Å². The molecule has 5 heteroatoms. The number of aromatic nitrogens is 3. The van der Waals surface area contributed by atoms with E-state index in [2.05, 4.69) is 20.2 Å². The van der Waals surface area contributed by atoms with E-state index >= 15 is 0 Å². The zero-order chi connectivity index (χ0) is 8.27. The Balaban J connectivity index is 3.19. The molecule has 0 spiro atoms. The van der Waals surface area contributed by atoms with E-state index in [4.69, 9.17) is 0 Å². The minimum Gasteiger partial charge on any atom is -0.233 e. The van der Waals surface area contributed by atoms with Gasteiger partial charge in [0.25, 0.3) is 0 Å². The summed E-state index contributed by atoms with van der Waals surface area (Å²) in [7, 11) is 0. The van der Waals surface area contributed by atoms with Gasteiger partial charge < -0.3 is 0 Å². The van der Waals surface area contributed by atoms with E-state index in [0.717, 1.165) is 0 Å². The fourth-order valence-electron chi connectivity index (χ4n) is 0.654. The van der Waals surface area contributed by atoms with Gasteiger partial charge in [0.05, 0.1) is 5.69 Å². The molecule has 0 aromatic carbocycles. The summed E-state index contributed by atoms with van der Waals surface area (Å²) in [6.45, 7) is 3.42. The highest BCUT2D eigenvalue weighted by Crippen LogP contribution is 2.08. The van der Waals surface area contributed by atoms with Gasteiger partial charge in [0.15, 0.2) is 0 Å². The summed E-state index contributed by atoms with van der Waals surface area (Å²) in [5, 5.41) is 7.25. The van der Waals surface area contributed by atoms with Crippen LogP contribution >= 0.6 is 0 Å². The Morgan fingerprint density at radius 1 is 1.36 bits per heavy atom. The molecule has 0 atom stereocenters. The van der Waals surface area contributed by atoms with Gasteiger partial charge in [-0.1, -0.05) is 0 Å². The largest absolute Gasteiger partial charge is 0.242 e. The molecule has 0 radical (unpaired) electrons. The maximum atomic E-state index is 9.82. The fraction of sp³-hybridized carbons (Fsp3) is 0.333. The minimum atomic E-state index is 0.227. The Hall–Kier alpha value is -1.61. The Labute approximate surface area is 63.2 Å². The van der Waals surface area contributed by atoms with Crippen LogP contribution < -0.4 is 0 Å². The van der Waals surface area contributed by atoms with Crippen LogP contribution in [-0.2, 0) is 4.79 Å². The molecule has 1 heterocycles. The molecular formula is C6H6N4O. The highest BCUT2D eigenvalue weighted by molar-refractivity contribution is 5.45. The average Bonchev–Trinajstić information content (AvgIpc) is 1.95. The Kier molecular flexibility index (Phi) is 2.03. The van der Waals surface area contributed by atoms with Crippen molar-refractivity contribution in [2.24, 2.45) is 4.99 Å². The molecule has 1 aromatic rings. The van der Waals surface area contributed by atoms with E-state index in [1.165, 1.54) is 6.08 Å². The van der Waals surface area contributed by atoms with E-state index in [0.29, 0.717) is 11.5 Å². The van der Waals surface area contributed by atoms with Crippen LogP contribution in [-0.4, -0.2) is 21.3 Å². The van der Waals surface area contributed by atoms with Gasteiger partial charge in [0.1, 0.15) is 5.82 Å².